The van der Waals surface area contributed by atoms with Crippen LogP contribution in [0.2, 0.25) is 0 Å². The molecule has 0 unspecified atom stereocenters. The van der Waals surface area contributed by atoms with Crippen molar-refractivity contribution in [1.29, 1.82) is 0 Å². The molecule has 2 heterocycles. The van der Waals surface area contributed by atoms with Crippen molar-refractivity contribution in [2.75, 3.05) is 18.5 Å². The number of nitrogens with zero attached hydrogens (tertiary/aromatic N) is 1. The first-order chi connectivity index (χ1) is 10.4. The first kappa shape index (κ1) is 15.3. The number of sulfonamides is 1. The monoisotopic (exact) mass is 324 g/mol. The Balaban J connectivity index is 2.02. The van der Waals surface area contributed by atoms with Crippen molar-refractivity contribution in [1.82, 2.24) is 4.31 Å². The van der Waals surface area contributed by atoms with Crippen LogP contribution in [0, 0.1) is 6.92 Å². The number of fused-ring (bicyclic) bond motifs is 1. The molecule has 0 saturated carbocycles. The van der Waals surface area contributed by atoms with Crippen molar-refractivity contribution in [3.8, 4) is 5.75 Å². The van der Waals surface area contributed by atoms with E-state index in [1.54, 1.807) is 17.3 Å². The minimum Gasteiger partial charge on any atom is -0.482 e. The van der Waals surface area contributed by atoms with Crippen molar-refractivity contribution in [2.45, 2.75) is 44.0 Å². The number of amides is 1. The van der Waals surface area contributed by atoms with Gasteiger partial charge in [0.25, 0.3) is 5.91 Å². The van der Waals surface area contributed by atoms with E-state index in [9.17, 15) is 13.2 Å². The number of carbonyl (C=O) groups is 1. The Bertz CT molecular complexity index is 714. The number of hydrogen-bond acceptors (Lipinski definition) is 4. The lowest BCUT2D eigenvalue weighted by molar-refractivity contribution is -0.118. The first-order valence-corrected chi connectivity index (χ1v) is 8.93. The maximum atomic E-state index is 13.0. The van der Waals surface area contributed by atoms with Gasteiger partial charge in [0.1, 0.15) is 5.75 Å². The Morgan fingerprint density at radius 2 is 2.09 bits per heavy atom. The summed E-state index contributed by atoms with van der Waals surface area (Å²) in [6.07, 6.45) is 2.83. The molecule has 2 aliphatic rings. The molecule has 1 aromatic carbocycles. The lowest BCUT2D eigenvalue weighted by Gasteiger charge is -2.33. The Morgan fingerprint density at radius 3 is 2.82 bits per heavy atom. The summed E-state index contributed by atoms with van der Waals surface area (Å²) in [4.78, 5) is 11.6. The lowest BCUT2D eigenvalue weighted by Crippen LogP contribution is -2.42. The van der Waals surface area contributed by atoms with E-state index in [0.29, 0.717) is 23.5 Å². The highest BCUT2D eigenvalue weighted by Crippen LogP contribution is 2.35. The molecule has 1 saturated heterocycles. The summed E-state index contributed by atoms with van der Waals surface area (Å²) in [5, 5.41) is 2.70. The Morgan fingerprint density at radius 1 is 1.32 bits per heavy atom. The molecule has 0 radical (unpaired) electrons. The summed E-state index contributed by atoms with van der Waals surface area (Å²) in [7, 11) is -3.55. The normalized spacial score (nSPS) is 22.6. The van der Waals surface area contributed by atoms with Crippen LogP contribution in [0.15, 0.2) is 17.0 Å². The van der Waals surface area contributed by atoms with Crippen molar-refractivity contribution in [3.63, 3.8) is 0 Å². The zero-order valence-corrected chi connectivity index (χ0v) is 13.6. The smallest absolute Gasteiger partial charge is 0.262 e. The van der Waals surface area contributed by atoms with E-state index in [0.717, 1.165) is 19.3 Å². The van der Waals surface area contributed by atoms with Gasteiger partial charge >= 0.3 is 0 Å². The van der Waals surface area contributed by atoms with E-state index in [1.165, 1.54) is 6.07 Å². The Labute approximate surface area is 130 Å². The second-order valence-electron chi connectivity index (χ2n) is 5.91. The number of piperidine rings is 1. The van der Waals surface area contributed by atoms with E-state index in [-0.39, 0.29) is 23.5 Å². The summed E-state index contributed by atoms with van der Waals surface area (Å²) in [5.41, 5.74) is 1.14. The van der Waals surface area contributed by atoms with E-state index < -0.39 is 10.0 Å². The lowest BCUT2D eigenvalue weighted by atomic mass is 10.1. The van der Waals surface area contributed by atoms with Gasteiger partial charge in [-0.05, 0) is 38.3 Å². The van der Waals surface area contributed by atoms with Gasteiger partial charge in [-0.3, -0.25) is 4.79 Å². The molecule has 7 heteroatoms. The second-order valence-corrected chi connectivity index (χ2v) is 7.77. The van der Waals surface area contributed by atoms with Crippen LogP contribution in [0.25, 0.3) is 0 Å². The number of nitrogens with one attached hydrogen (secondary N) is 1. The molecule has 0 bridgehead atoms. The highest BCUT2D eigenvalue weighted by Gasteiger charge is 2.33. The van der Waals surface area contributed by atoms with Gasteiger partial charge in [-0.15, -0.1) is 0 Å². The van der Waals surface area contributed by atoms with Gasteiger partial charge in [-0.1, -0.05) is 6.42 Å². The van der Waals surface area contributed by atoms with Gasteiger partial charge in [0, 0.05) is 18.7 Å². The molecule has 0 aliphatic carbocycles. The highest BCUT2D eigenvalue weighted by molar-refractivity contribution is 7.89. The minimum atomic E-state index is -3.55. The van der Waals surface area contributed by atoms with Crippen molar-refractivity contribution in [2.24, 2.45) is 0 Å². The summed E-state index contributed by atoms with van der Waals surface area (Å²) < 4.78 is 32.8. The van der Waals surface area contributed by atoms with Crippen LogP contribution in [-0.2, 0) is 14.8 Å². The van der Waals surface area contributed by atoms with E-state index in [2.05, 4.69) is 5.32 Å². The first-order valence-electron chi connectivity index (χ1n) is 7.49. The maximum Gasteiger partial charge on any atom is 0.262 e. The third-order valence-corrected chi connectivity index (χ3v) is 6.39. The summed E-state index contributed by atoms with van der Waals surface area (Å²) in [6.45, 7) is 4.15. The molecule has 6 nitrogen and oxygen atoms in total. The number of rotatable bonds is 2. The molecule has 1 N–H and O–H groups in total. The second kappa shape index (κ2) is 5.55. The molecule has 0 aromatic heterocycles. The fraction of sp³-hybridized carbons (Fsp3) is 0.533. The SMILES string of the molecule is Cc1cc2c(cc1S(=O)(=O)N1CCCC[C@@H]1C)OCC(=O)N2. The molecule has 1 atom stereocenters. The van der Waals surface area contributed by atoms with Crippen LogP contribution in [0.4, 0.5) is 5.69 Å². The van der Waals surface area contributed by atoms with Gasteiger partial charge in [0.2, 0.25) is 10.0 Å². The highest BCUT2D eigenvalue weighted by atomic mass is 32.2. The summed E-state index contributed by atoms with van der Waals surface area (Å²) in [6, 6.07) is 3.20. The molecule has 120 valence electrons. The Hall–Kier alpha value is -1.60. The molecule has 1 amide bonds. The van der Waals surface area contributed by atoms with Gasteiger partial charge in [0.15, 0.2) is 6.61 Å². The molecule has 2 aliphatic heterocycles. The third-order valence-electron chi connectivity index (χ3n) is 4.24. The van der Waals surface area contributed by atoms with Crippen molar-refractivity contribution in [3.05, 3.63) is 17.7 Å². The van der Waals surface area contributed by atoms with Gasteiger partial charge in [-0.2, -0.15) is 4.31 Å². The van der Waals surface area contributed by atoms with E-state index in [4.69, 9.17) is 4.74 Å². The third kappa shape index (κ3) is 2.59. The fourth-order valence-electron chi connectivity index (χ4n) is 3.05. The number of ether oxygens (including phenoxy) is 1. The molecular weight excluding hydrogens is 304 g/mol. The number of aryl methyl sites for hydroxylation is 1. The standard InChI is InChI=1S/C15H20N2O4S/c1-10-7-12-13(21-9-15(18)16-12)8-14(10)22(19,20)17-6-4-3-5-11(17)2/h7-8,11H,3-6,9H2,1-2H3,(H,16,18)/t11-/m0/s1. The molecular formula is C15H20N2O4S. The number of carbonyl (C=O) groups excluding carboxylic acids is 1. The molecule has 0 spiro atoms. The topological polar surface area (TPSA) is 75.7 Å². The van der Waals surface area contributed by atoms with E-state index in [1.807, 2.05) is 6.92 Å². The predicted molar refractivity (Wildman–Crippen MR) is 82.5 cm³/mol. The quantitative estimate of drug-likeness (QED) is 0.901. The number of hydrogen-bond donors (Lipinski definition) is 1. The van der Waals surface area contributed by atoms with Crippen LogP contribution < -0.4 is 10.1 Å². The van der Waals surface area contributed by atoms with Gasteiger partial charge in [-0.25, -0.2) is 8.42 Å². The van der Waals surface area contributed by atoms with Gasteiger partial charge in [0.05, 0.1) is 10.6 Å². The van der Waals surface area contributed by atoms with Crippen LogP contribution in [-0.4, -0.2) is 37.8 Å². The molecule has 3 rings (SSSR count). The number of benzene rings is 1. The van der Waals surface area contributed by atoms with E-state index >= 15 is 0 Å². The van der Waals surface area contributed by atoms with Crippen LogP contribution in [0.1, 0.15) is 31.7 Å². The average Bonchev–Trinajstić information content (AvgIpc) is 2.46. The molecule has 22 heavy (non-hydrogen) atoms. The zero-order valence-electron chi connectivity index (χ0n) is 12.8. The average molecular weight is 324 g/mol. The maximum absolute atomic E-state index is 13.0. The molecule has 1 fully saturated rings. The van der Waals surface area contributed by atoms with Crippen molar-refractivity contribution >= 4 is 21.6 Å². The Kier molecular flexibility index (Phi) is 3.86. The zero-order chi connectivity index (χ0) is 15.9. The fourth-order valence-corrected chi connectivity index (χ4v) is 4.97. The van der Waals surface area contributed by atoms with Gasteiger partial charge < -0.3 is 10.1 Å². The van der Waals surface area contributed by atoms with Crippen LogP contribution in [0.5, 0.6) is 5.75 Å². The summed E-state index contributed by atoms with van der Waals surface area (Å²) in [5.74, 6) is 0.181. The largest absolute Gasteiger partial charge is 0.482 e. The van der Waals surface area contributed by atoms with Crippen LogP contribution >= 0.6 is 0 Å². The predicted octanol–water partition coefficient (Wildman–Crippen LogP) is 1.89. The number of anilines is 1. The van der Waals surface area contributed by atoms with Crippen LogP contribution in [0.3, 0.4) is 0 Å². The van der Waals surface area contributed by atoms with Crippen molar-refractivity contribution < 1.29 is 17.9 Å². The molecule has 1 aromatic rings. The minimum absolute atomic E-state index is 0.00908. The summed E-state index contributed by atoms with van der Waals surface area (Å²) >= 11 is 0.